The van der Waals surface area contributed by atoms with Crippen LogP contribution in [-0.4, -0.2) is 0 Å². The van der Waals surface area contributed by atoms with Crippen molar-refractivity contribution in [3.8, 4) is 11.1 Å². The Bertz CT molecular complexity index is 766. The predicted molar refractivity (Wildman–Crippen MR) is 110 cm³/mol. The van der Waals surface area contributed by atoms with Gasteiger partial charge in [-0.25, -0.2) is 8.78 Å². The first-order valence-electron chi connectivity index (χ1n) is 10.4. The van der Waals surface area contributed by atoms with Gasteiger partial charge in [-0.05, 0) is 67.1 Å². The van der Waals surface area contributed by atoms with Gasteiger partial charge in [-0.1, -0.05) is 68.8 Å². The molecule has 0 aliphatic heterocycles. The summed E-state index contributed by atoms with van der Waals surface area (Å²) >= 11 is 0. The van der Waals surface area contributed by atoms with Crippen molar-refractivity contribution in [2.75, 3.05) is 0 Å². The molecule has 0 aromatic heterocycles. The molecule has 1 aliphatic carbocycles. The highest BCUT2D eigenvalue weighted by Gasteiger charge is 2.21. The molecule has 0 bridgehead atoms. The lowest BCUT2D eigenvalue weighted by Gasteiger charge is -2.28. The molecular formula is C25H30F2. The van der Waals surface area contributed by atoms with Crippen molar-refractivity contribution in [2.45, 2.75) is 64.7 Å². The van der Waals surface area contributed by atoms with E-state index in [-0.39, 0.29) is 0 Å². The van der Waals surface area contributed by atoms with E-state index in [1.165, 1.54) is 37.7 Å². The Morgan fingerprint density at radius 1 is 0.852 bits per heavy atom. The summed E-state index contributed by atoms with van der Waals surface area (Å²) in [6.45, 7) is 4.30. The fourth-order valence-electron chi connectivity index (χ4n) is 4.19. The highest BCUT2D eigenvalue weighted by atomic mass is 19.2. The maximum atomic E-state index is 14.6. The summed E-state index contributed by atoms with van der Waals surface area (Å²) in [5.74, 6) is 0.0169. The maximum Gasteiger partial charge on any atom is 0.166 e. The molecule has 2 heteroatoms. The molecule has 0 heterocycles. The summed E-state index contributed by atoms with van der Waals surface area (Å²) in [6.07, 6.45) is 11.5. The maximum absolute atomic E-state index is 14.6. The quantitative estimate of drug-likeness (QED) is 0.456. The summed E-state index contributed by atoms with van der Waals surface area (Å²) < 4.78 is 29.0. The number of benzene rings is 2. The Kier molecular flexibility index (Phi) is 6.82. The van der Waals surface area contributed by atoms with Gasteiger partial charge in [0.05, 0.1) is 0 Å². The third-order valence-electron chi connectivity index (χ3n) is 6.02. The summed E-state index contributed by atoms with van der Waals surface area (Å²) in [5, 5.41) is 0. The van der Waals surface area contributed by atoms with E-state index in [0.717, 1.165) is 17.9 Å². The van der Waals surface area contributed by atoms with Crippen LogP contribution in [0.4, 0.5) is 8.78 Å². The van der Waals surface area contributed by atoms with Gasteiger partial charge in [-0.3, -0.25) is 0 Å². The van der Waals surface area contributed by atoms with Crippen LogP contribution in [0, 0.1) is 17.6 Å². The van der Waals surface area contributed by atoms with Crippen molar-refractivity contribution in [1.82, 2.24) is 0 Å². The number of hydrogen-bond acceptors (Lipinski definition) is 0. The molecule has 1 aliphatic rings. The second-order valence-electron chi connectivity index (χ2n) is 7.73. The zero-order chi connectivity index (χ0) is 19.2. The topological polar surface area (TPSA) is 0 Å². The largest absolute Gasteiger partial charge is 0.203 e. The first-order chi connectivity index (χ1) is 13.1. The van der Waals surface area contributed by atoms with Gasteiger partial charge in [0.1, 0.15) is 0 Å². The lowest BCUT2D eigenvalue weighted by molar-refractivity contribution is 0.319. The summed E-state index contributed by atoms with van der Waals surface area (Å²) in [6, 6.07) is 11.5. The molecule has 27 heavy (non-hydrogen) atoms. The van der Waals surface area contributed by atoms with E-state index in [2.05, 4.69) is 19.1 Å². The number of hydrogen-bond donors (Lipinski definition) is 0. The van der Waals surface area contributed by atoms with Gasteiger partial charge >= 0.3 is 0 Å². The van der Waals surface area contributed by atoms with Crippen LogP contribution in [0.5, 0.6) is 0 Å². The zero-order valence-corrected chi connectivity index (χ0v) is 16.5. The summed E-state index contributed by atoms with van der Waals surface area (Å²) in [7, 11) is 0. The molecule has 0 N–H and O–H groups in total. The fraction of sp³-hybridized carbons (Fsp3) is 0.440. The van der Waals surface area contributed by atoms with Gasteiger partial charge < -0.3 is 0 Å². The van der Waals surface area contributed by atoms with Crippen LogP contribution in [0.2, 0.25) is 0 Å². The minimum absolute atomic E-state index is 0.344. The van der Waals surface area contributed by atoms with Crippen LogP contribution in [-0.2, 0) is 6.42 Å². The molecular weight excluding hydrogens is 338 g/mol. The van der Waals surface area contributed by atoms with E-state index >= 15 is 0 Å². The van der Waals surface area contributed by atoms with Gasteiger partial charge in [0.25, 0.3) is 0 Å². The second-order valence-corrected chi connectivity index (χ2v) is 7.73. The van der Waals surface area contributed by atoms with Gasteiger partial charge in [-0.2, -0.15) is 0 Å². The standard InChI is InChI=1S/C25H30F2/c1-3-5-6-7-22-16-17-23(25(27)24(22)26)21-14-12-20(13-15-21)19-10-8-18(4-2)9-11-19/h5-6,12-19H,3-4,7-11H2,1-2H3/b6-5-. The van der Waals surface area contributed by atoms with Crippen LogP contribution in [0.25, 0.3) is 11.1 Å². The lowest BCUT2D eigenvalue weighted by atomic mass is 9.77. The second kappa shape index (κ2) is 9.30. The van der Waals surface area contributed by atoms with E-state index in [4.69, 9.17) is 0 Å². The van der Waals surface area contributed by atoms with E-state index in [1.807, 2.05) is 31.2 Å². The van der Waals surface area contributed by atoms with E-state index in [0.29, 0.717) is 23.5 Å². The molecule has 2 aromatic rings. The molecule has 0 unspecified atom stereocenters. The molecule has 3 rings (SSSR count). The number of allylic oxidation sites excluding steroid dienone is 2. The van der Waals surface area contributed by atoms with Gasteiger partial charge in [0, 0.05) is 5.56 Å². The molecule has 0 radical (unpaired) electrons. The van der Waals surface area contributed by atoms with Crippen LogP contribution in [0.15, 0.2) is 48.6 Å². The predicted octanol–water partition coefficient (Wildman–Crippen LogP) is 7.82. The lowest BCUT2D eigenvalue weighted by Crippen LogP contribution is -2.12. The smallest absolute Gasteiger partial charge is 0.166 e. The molecule has 0 nitrogen and oxygen atoms in total. The van der Waals surface area contributed by atoms with Crippen LogP contribution < -0.4 is 0 Å². The van der Waals surface area contributed by atoms with Gasteiger partial charge in [-0.15, -0.1) is 0 Å². The number of halogens is 2. The van der Waals surface area contributed by atoms with Crippen molar-refractivity contribution in [3.05, 3.63) is 71.3 Å². The Balaban J connectivity index is 1.75. The normalized spacial score (nSPS) is 20.3. The van der Waals surface area contributed by atoms with E-state index in [9.17, 15) is 8.78 Å². The molecule has 1 saturated carbocycles. The van der Waals surface area contributed by atoms with E-state index < -0.39 is 11.6 Å². The third-order valence-corrected chi connectivity index (χ3v) is 6.02. The molecule has 0 atom stereocenters. The molecule has 0 spiro atoms. The van der Waals surface area contributed by atoms with Gasteiger partial charge in [0.2, 0.25) is 0 Å². The minimum atomic E-state index is -0.742. The van der Waals surface area contributed by atoms with Crippen molar-refractivity contribution in [1.29, 1.82) is 0 Å². The molecule has 0 amide bonds. The Morgan fingerprint density at radius 2 is 1.56 bits per heavy atom. The Labute approximate surface area is 162 Å². The van der Waals surface area contributed by atoms with Crippen LogP contribution in [0.3, 0.4) is 0 Å². The van der Waals surface area contributed by atoms with Crippen molar-refractivity contribution in [2.24, 2.45) is 5.92 Å². The fourth-order valence-corrected chi connectivity index (χ4v) is 4.19. The Hall–Kier alpha value is -1.96. The average Bonchev–Trinajstić information content (AvgIpc) is 2.72. The zero-order valence-electron chi connectivity index (χ0n) is 16.5. The first-order valence-corrected chi connectivity index (χ1v) is 10.4. The number of rotatable bonds is 6. The van der Waals surface area contributed by atoms with Crippen molar-refractivity contribution >= 4 is 0 Å². The minimum Gasteiger partial charge on any atom is -0.203 e. The SMILES string of the molecule is CC/C=C\Cc1ccc(-c2ccc(C3CCC(CC)CC3)cc2)c(F)c1F. The molecule has 2 aromatic carbocycles. The highest BCUT2D eigenvalue weighted by molar-refractivity contribution is 5.65. The summed E-state index contributed by atoms with van der Waals surface area (Å²) in [5.41, 5.74) is 2.82. The Morgan fingerprint density at radius 3 is 2.19 bits per heavy atom. The average molecular weight is 369 g/mol. The van der Waals surface area contributed by atoms with E-state index in [1.54, 1.807) is 12.1 Å². The van der Waals surface area contributed by atoms with Crippen LogP contribution >= 0.6 is 0 Å². The molecule has 144 valence electrons. The monoisotopic (exact) mass is 368 g/mol. The first kappa shape index (κ1) is 19.8. The third kappa shape index (κ3) is 4.66. The summed E-state index contributed by atoms with van der Waals surface area (Å²) in [4.78, 5) is 0. The highest BCUT2D eigenvalue weighted by Crippen LogP contribution is 2.37. The van der Waals surface area contributed by atoms with Gasteiger partial charge in [0.15, 0.2) is 11.6 Å². The van der Waals surface area contributed by atoms with Crippen LogP contribution in [0.1, 0.15) is 69.4 Å². The molecule has 0 saturated heterocycles. The molecule has 1 fully saturated rings. The van der Waals surface area contributed by atoms with Crippen molar-refractivity contribution < 1.29 is 8.78 Å². The van der Waals surface area contributed by atoms with Crippen molar-refractivity contribution in [3.63, 3.8) is 0 Å².